The Hall–Kier alpha value is -1.65. The number of likely N-dealkylation sites (tertiary alicyclic amines) is 1. The van der Waals surface area contributed by atoms with E-state index in [9.17, 15) is 4.79 Å². The average molecular weight is 388 g/mol. The highest BCUT2D eigenvalue weighted by Crippen LogP contribution is 2.35. The zero-order chi connectivity index (χ0) is 16.9. The van der Waals surface area contributed by atoms with Crippen LogP contribution in [0.1, 0.15) is 23.5 Å². The van der Waals surface area contributed by atoms with Crippen LogP contribution in [0.2, 0.25) is 0 Å². The summed E-state index contributed by atoms with van der Waals surface area (Å²) < 4.78 is 6.10. The molecular weight excluding hydrogens is 366 g/mol. The molecule has 3 rings (SSSR count). The Kier molecular flexibility index (Phi) is 5.69. The summed E-state index contributed by atoms with van der Waals surface area (Å²) in [5.74, 6) is -0.0110. The topological polar surface area (TPSA) is 29.5 Å². The maximum atomic E-state index is 12.2. The molecule has 0 spiro atoms. The molecule has 0 N–H and O–H groups in total. The second-order valence-electron chi connectivity index (χ2n) is 6.30. The second-order valence-corrected chi connectivity index (χ2v) is 7.22. The van der Waals surface area contributed by atoms with Gasteiger partial charge >= 0.3 is 5.97 Å². The lowest BCUT2D eigenvalue weighted by Gasteiger charge is -2.37. The number of nitrogens with zero attached hydrogens (tertiary/aromatic N) is 1. The summed E-state index contributed by atoms with van der Waals surface area (Å²) in [7, 11) is 1.48. The molecule has 2 unspecified atom stereocenters. The molecule has 1 heterocycles. The second kappa shape index (κ2) is 7.95. The van der Waals surface area contributed by atoms with Gasteiger partial charge in [0.2, 0.25) is 0 Å². The molecule has 1 fully saturated rings. The van der Waals surface area contributed by atoms with Gasteiger partial charge in [-0.2, -0.15) is 0 Å². The zero-order valence-electron chi connectivity index (χ0n) is 13.8. The van der Waals surface area contributed by atoms with E-state index in [0.29, 0.717) is 0 Å². The number of methoxy groups -OCH3 is 1. The Labute approximate surface area is 151 Å². The molecule has 0 saturated carbocycles. The highest BCUT2D eigenvalue weighted by atomic mass is 79.9. The van der Waals surface area contributed by atoms with Crippen LogP contribution in [-0.2, 0) is 16.1 Å². The number of carbonyl (C=O) groups excluding carboxylic acids is 1. The molecule has 0 aromatic heterocycles. The van der Waals surface area contributed by atoms with E-state index in [-0.39, 0.29) is 17.8 Å². The predicted molar refractivity (Wildman–Crippen MR) is 98.7 cm³/mol. The molecule has 3 nitrogen and oxygen atoms in total. The molecule has 1 saturated heterocycles. The standard InChI is InChI=1S/C20H22BrNO2/c1-24-20(23)18-10-11-22(13-15-6-3-2-4-7-15)14-19(18)16-8-5-9-17(21)12-16/h2-9,12,18-19H,10-11,13-14H2,1H3. The maximum Gasteiger partial charge on any atom is 0.309 e. The Morgan fingerprint density at radius 3 is 2.71 bits per heavy atom. The van der Waals surface area contributed by atoms with E-state index in [1.54, 1.807) is 0 Å². The van der Waals surface area contributed by atoms with E-state index in [0.717, 1.165) is 30.5 Å². The molecule has 126 valence electrons. The first-order valence-electron chi connectivity index (χ1n) is 8.27. The van der Waals surface area contributed by atoms with Crippen LogP contribution in [0.5, 0.6) is 0 Å². The lowest BCUT2D eigenvalue weighted by Crippen LogP contribution is -2.42. The number of hydrogen-bond acceptors (Lipinski definition) is 3. The van der Waals surface area contributed by atoms with Crippen molar-refractivity contribution in [3.8, 4) is 0 Å². The lowest BCUT2D eigenvalue weighted by molar-refractivity contribution is -0.148. The fourth-order valence-corrected chi connectivity index (χ4v) is 3.93. The van der Waals surface area contributed by atoms with E-state index < -0.39 is 0 Å². The highest BCUT2D eigenvalue weighted by Gasteiger charge is 2.35. The van der Waals surface area contributed by atoms with Gasteiger partial charge < -0.3 is 4.74 Å². The number of ether oxygens (including phenoxy) is 1. The third-order valence-electron chi connectivity index (χ3n) is 4.73. The van der Waals surface area contributed by atoms with Crippen LogP contribution in [0.4, 0.5) is 0 Å². The van der Waals surface area contributed by atoms with E-state index in [2.05, 4.69) is 57.2 Å². The molecule has 2 aromatic carbocycles. The minimum Gasteiger partial charge on any atom is -0.469 e. The van der Waals surface area contributed by atoms with Crippen LogP contribution in [-0.4, -0.2) is 31.1 Å². The van der Waals surface area contributed by atoms with Crippen LogP contribution < -0.4 is 0 Å². The Balaban J connectivity index is 1.80. The monoisotopic (exact) mass is 387 g/mol. The van der Waals surface area contributed by atoms with E-state index >= 15 is 0 Å². The highest BCUT2D eigenvalue weighted by molar-refractivity contribution is 9.10. The number of rotatable bonds is 4. The number of piperidine rings is 1. The lowest BCUT2D eigenvalue weighted by atomic mass is 9.80. The first-order chi connectivity index (χ1) is 11.7. The molecular formula is C20H22BrNO2. The van der Waals surface area contributed by atoms with Crippen LogP contribution in [0, 0.1) is 5.92 Å². The fraction of sp³-hybridized carbons (Fsp3) is 0.350. The molecule has 4 heteroatoms. The van der Waals surface area contributed by atoms with Gasteiger partial charge in [0, 0.05) is 23.5 Å². The number of hydrogen-bond donors (Lipinski definition) is 0. The van der Waals surface area contributed by atoms with Gasteiger partial charge in [-0.3, -0.25) is 9.69 Å². The van der Waals surface area contributed by atoms with Gasteiger partial charge in [0.1, 0.15) is 0 Å². The van der Waals surface area contributed by atoms with Gasteiger partial charge in [-0.1, -0.05) is 58.4 Å². The molecule has 2 atom stereocenters. The number of carbonyl (C=O) groups is 1. The van der Waals surface area contributed by atoms with Crippen LogP contribution in [0.3, 0.4) is 0 Å². The third kappa shape index (κ3) is 4.05. The normalized spacial score (nSPS) is 21.4. The van der Waals surface area contributed by atoms with Crippen molar-refractivity contribution in [2.75, 3.05) is 20.2 Å². The average Bonchev–Trinajstić information content (AvgIpc) is 2.62. The summed E-state index contributed by atoms with van der Waals surface area (Å²) in [6.07, 6.45) is 0.830. The largest absolute Gasteiger partial charge is 0.469 e. The molecule has 0 aliphatic carbocycles. The number of halogens is 1. The van der Waals surface area contributed by atoms with Gasteiger partial charge in [0.05, 0.1) is 13.0 Å². The number of benzene rings is 2. The van der Waals surface area contributed by atoms with Crippen molar-refractivity contribution in [2.45, 2.75) is 18.9 Å². The van der Waals surface area contributed by atoms with Crippen LogP contribution >= 0.6 is 15.9 Å². The molecule has 1 aliphatic heterocycles. The molecule has 0 radical (unpaired) electrons. The van der Waals surface area contributed by atoms with Crippen LogP contribution in [0.15, 0.2) is 59.1 Å². The van der Waals surface area contributed by atoms with Gasteiger partial charge in [-0.25, -0.2) is 0 Å². The van der Waals surface area contributed by atoms with Gasteiger partial charge in [0.25, 0.3) is 0 Å². The SMILES string of the molecule is COC(=O)C1CCN(Cc2ccccc2)CC1c1cccc(Br)c1. The van der Waals surface area contributed by atoms with Crippen molar-refractivity contribution in [3.05, 3.63) is 70.2 Å². The molecule has 0 amide bonds. The van der Waals surface area contributed by atoms with E-state index in [4.69, 9.17) is 4.74 Å². The quantitative estimate of drug-likeness (QED) is 0.735. The van der Waals surface area contributed by atoms with Gasteiger partial charge in [-0.15, -0.1) is 0 Å². The van der Waals surface area contributed by atoms with Crippen molar-refractivity contribution in [3.63, 3.8) is 0 Å². The first-order valence-corrected chi connectivity index (χ1v) is 9.06. The Morgan fingerprint density at radius 2 is 2.00 bits per heavy atom. The minimum absolute atomic E-state index is 0.0728. The molecule has 1 aliphatic rings. The summed E-state index contributed by atoms with van der Waals surface area (Å²) in [5.41, 5.74) is 2.50. The first kappa shape index (κ1) is 17.2. The van der Waals surface area contributed by atoms with Crippen molar-refractivity contribution >= 4 is 21.9 Å². The summed E-state index contributed by atoms with van der Waals surface area (Å²) in [6, 6.07) is 18.8. The van der Waals surface area contributed by atoms with Gasteiger partial charge in [0.15, 0.2) is 0 Å². The molecule has 24 heavy (non-hydrogen) atoms. The predicted octanol–water partition coefficient (Wildman–Crippen LogP) is 4.23. The Morgan fingerprint density at radius 1 is 1.21 bits per heavy atom. The van der Waals surface area contributed by atoms with E-state index in [1.165, 1.54) is 18.2 Å². The third-order valence-corrected chi connectivity index (χ3v) is 5.22. The zero-order valence-corrected chi connectivity index (χ0v) is 15.4. The van der Waals surface area contributed by atoms with Crippen molar-refractivity contribution < 1.29 is 9.53 Å². The molecule has 2 aromatic rings. The van der Waals surface area contributed by atoms with Crippen molar-refractivity contribution in [1.82, 2.24) is 4.90 Å². The smallest absolute Gasteiger partial charge is 0.309 e. The summed E-state index contributed by atoms with van der Waals surface area (Å²) in [5, 5.41) is 0. The van der Waals surface area contributed by atoms with Crippen LogP contribution in [0.25, 0.3) is 0 Å². The van der Waals surface area contributed by atoms with Gasteiger partial charge in [-0.05, 0) is 36.2 Å². The van der Waals surface area contributed by atoms with Crippen molar-refractivity contribution in [1.29, 1.82) is 0 Å². The summed E-state index contributed by atoms with van der Waals surface area (Å²) in [4.78, 5) is 14.7. The Bertz CT molecular complexity index is 689. The van der Waals surface area contributed by atoms with E-state index in [1.807, 2.05) is 18.2 Å². The summed E-state index contributed by atoms with van der Waals surface area (Å²) >= 11 is 3.54. The fourth-order valence-electron chi connectivity index (χ4n) is 3.51. The maximum absolute atomic E-state index is 12.2. The van der Waals surface area contributed by atoms with Crippen molar-refractivity contribution in [2.24, 2.45) is 5.92 Å². The molecule has 0 bridgehead atoms. The summed E-state index contributed by atoms with van der Waals surface area (Å²) in [6.45, 7) is 2.70. The number of esters is 1. The minimum atomic E-state index is -0.0978.